The first-order valence-corrected chi connectivity index (χ1v) is 10.1. The fraction of sp³-hybridized carbons (Fsp3) is 0.316. The molecule has 3 rings (SSSR count). The SMILES string of the molecule is C[C@@H]1CN(Cc2ccc(F)c(F)c2F)CCN1C(=O)c1ccc(N[SH](=O)=O)cc1. The van der Waals surface area contributed by atoms with E-state index in [1.807, 2.05) is 11.8 Å². The largest absolute Gasteiger partial charge is 0.333 e. The van der Waals surface area contributed by atoms with Crippen molar-refractivity contribution in [3.05, 3.63) is 65.0 Å². The lowest BCUT2D eigenvalue weighted by Gasteiger charge is -2.40. The Labute approximate surface area is 168 Å². The predicted octanol–water partition coefficient (Wildman–Crippen LogP) is 2.39. The molecular formula is C19H20F3N3O3S. The number of halogens is 3. The van der Waals surface area contributed by atoms with Crippen LogP contribution in [-0.4, -0.2) is 49.8 Å². The molecule has 6 nitrogen and oxygen atoms in total. The van der Waals surface area contributed by atoms with Gasteiger partial charge in [-0.2, -0.15) is 0 Å². The zero-order chi connectivity index (χ0) is 21.1. The lowest BCUT2D eigenvalue weighted by molar-refractivity contribution is 0.0473. The second kappa shape index (κ2) is 8.83. The third-order valence-corrected chi connectivity index (χ3v) is 5.27. The van der Waals surface area contributed by atoms with E-state index in [2.05, 4.69) is 4.72 Å². The van der Waals surface area contributed by atoms with Crippen LogP contribution >= 0.6 is 0 Å². The number of nitrogens with zero attached hydrogens (tertiary/aromatic N) is 2. The predicted molar refractivity (Wildman–Crippen MR) is 102 cm³/mol. The number of hydrogen-bond acceptors (Lipinski definition) is 4. The van der Waals surface area contributed by atoms with Gasteiger partial charge < -0.3 is 4.90 Å². The maximum Gasteiger partial charge on any atom is 0.254 e. The van der Waals surface area contributed by atoms with Crippen LogP contribution in [0.2, 0.25) is 0 Å². The van der Waals surface area contributed by atoms with Crippen molar-refractivity contribution in [1.82, 2.24) is 9.80 Å². The zero-order valence-electron chi connectivity index (χ0n) is 15.6. The van der Waals surface area contributed by atoms with E-state index >= 15 is 0 Å². The molecule has 1 heterocycles. The number of benzene rings is 2. The molecule has 29 heavy (non-hydrogen) atoms. The van der Waals surface area contributed by atoms with E-state index in [4.69, 9.17) is 0 Å². The second-order valence-electron chi connectivity index (χ2n) is 6.86. The molecule has 156 valence electrons. The Morgan fingerprint density at radius 3 is 2.38 bits per heavy atom. The van der Waals surface area contributed by atoms with Gasteiger partial charge in [0.25, 0.3) is 5.91 Å². The van der Waals surface area contributed by atoms with E-state index in [9.17, 15) is 26.4 Å². The van der Waals surface area contributed by atoms with Gasteiger partial charge in [0.05, 0.1) is 0 Å². The van der Waals surface area contributed by atoms with Gasteiger partial charge in [0.15, 0.2) is 17.5 Å². The quantitative estimate of drug-likeness (QED) is 0.568. The fourth-order valence-electron chi connectivity index (χ4n) is 3.37. The number of piperazine rings is 1. The van der Waals surface area contributed by atoms with Crippen LogP contribution in [0, 0.1) is 17.5 Å². The van der Waals surface area contributed by atoms with Gasteiger partial charge in [-0.1, -0.05) is 6.07 Å². The molecule has 0 aromatic heterocycles. The highest BCUT2D eigenvalue weighted by atomic mass is 32.2. The molecule has 0 spiro atoms. The molecule has 0 unspecified atom stereocenters. The van der Waals surface area contributed by atoms with Gasteiger partial charge in [-0.3, -0.25) is 14.4 Å². The summed E-state index contributed by atoms with van der Waals surface area (Å²) in [6.45, 7) is 3.25. The van der Waals surface area contributed by atoms with E-state index in [1.54, 1.807) is 17.0 Å². The Balaban J connectivity index is 1.64. The first-order valence-electron chi connectivity index (χ1n) is 8.93. The Bertz CT molecular complexity index is 975. The van der Waals surface area contributed by atoms with Crippen LogP contribution < -0.4 is 4.72 Å². The van der Waals surface area contributed by atoms with Crippen LogP contribution in [0.5, 0.6) is 0 Å². The molecule has 2 aromatic carbocycles. The Morgan fingerprint density at radius 1 is 1.07 bits per heavy atom. The molecule has 0 radical (unpaired) electrons. The van der Waals surface area contributed by atoms with E-state index in [0.29, 0.717) is 30.9 Å². The monoisotopic (exact) mass is 427 g/mol. The number of carbonyl (C=O) groups is 1. The smallest absolute Gasteiger partial charge is 0.254 e. The average Bonchev–Trinajstić information content (AvgIpc) is 2.68. The molecule has 1 N–H and O–H groups in total. The molecule has 0 aliphatic carbocycles. The number of carbonyl (C=O) groups excluding carboxylic acids is 1. The van der Waals surface area contributed by atoms with Gasteiger partial charge in [0.2, 0.25) is 10.9 Å². The van der Waals surface area contributed by atoms with Crippen LogP contribution in [0.15, 0.2) is 36.4 Å². The van der Waals surface area contributed by atoms with Gasteiger partial charge in [-0.25, -0.2) is 21.6 Å². The molecule has 1 saturated heterocycles. The summed E-state index contributed by atoms with van der Waals surface area (Å²) < 4.78 is 64.0. The maximum absolute atomic E-state index is 13.9. The first-order chi connectivity index (χ1) is 13.8. The number of hydrogen-bond donors (Lipinski definition) is 2. The van der Waals surface area contributed by atoms with Gasteiger partial charge in [-0.05, 0) is 37.3 Å². The minimum atomic E-state index is -2.78. The zero-order valence-corrected chi connectivity index (χ0v) is 16.5. The van der Waals surface area contributed by atoms with Crippen LogP contribution in [0.4, 0.5) is 18.9 Å². The summed E-state index contributed by atoms with van der Waals surface area (Å²) >= 11 is 0. The summed E-state index contributed by atoms with van der Waals surface area (Å²) in [5, 5.41) is 0. The molecule has 1 amide bonds. The molecule has 1 fully saturated rings. The number of thiol groups is 1. The number of rotatable bonds is 5. The van der Waals surface area contributed by atoms with Crippen LogP contribution in [0.3, 0.4) is 0 Å². The van der Waals surface area contributed by atoms with Crippen molar-refractivity contribution in [2.24, 2.45) is 0 Å². The van der Waals surface area contributed by atoms with Crippen molar-refractivity contribution in [2.45, 2.75) is 19.5 Å². The first kappa shape index (κ1) is 21.1. The van der Waals surface area contributed by atoms with Gasteiger partial charge in [0, 0.05) is 49.0 Å². The Morgan fingerprint density at radius 2 is 1.76 bits per heavy atom. The van der Waals surface area contributed by atoms with Crippen LogP contribution in [-0.2, 0) is 17.4 Å². The molecule has 1 aliphatic rings. The topological polar surface area (TPSA) is 69.7 Å². The minimum absolute atomic E-state index is 0.0654. The summed E-state index contributed by atoms with van der Waals surface area (Å²) in [5.74, 6) is -4.10. The van der Waals surface area contributed by atoms with Crippen molar-refractivity contribution in [3.8, 4) is 0 Å². The third-order valence-electron chi connectivity index (χ3n) is 4.83. The van der Waals surface area contributed by atoms with Gasteiger partial charge in [-0.15, -0.1) is 0 Å². The van der Waals surface area contributed by atoms with Crippen LogP contribution in [0.1, 0.15) is 22.8 Å². The highest BCUT2D eigenvalue weighted by molar-refractivity contribution is 7.73. The van der Waals surface area contributed by atoms with Gasteiger partial charge >= 0.3 is 0 Å². The number of nitrogens with one attached hydrogen (secondary N) is 1. The van der Waals surface area contributed by atoms with Crippen molar-refractivity contribution in [2.75, 3.05) is 24.4 Å². The lowest BCUT2D eigenvalue weighted by atomic mass is 10.1. The number of amides is 1. The van der Waals surface area contributed by atoms with Gasteiger partial charge in [0.1, 0.15) is 0 Å². The summed E-state index contributed by atoms with van der Waals surface area (Å²) in [5.41, 5.74) is 0.850. The van der Waals surface area contributed by atoms with Crippen molar-refractivity contribution in [1.29, 1.82) is 0 Å². The Hall–Kier alpha value is -2.59. The Kier molecular flexibility index (Phi) is 6.43. The minimum Gasteiger partial charge on any atom is -0.333 e. The highest BCUT2D eigenvalue weighted by Gasteiger charge is 2.29. The molecule has 2 aromatic rings. The van der Waals surface area contributed by atoms with E-state index < -0.39 is 28.3 Å². The van der Waals surface area contributed by atoms with E-state index in [-0.39, 0.29) is 24.1 Å². The van der Waals surface area contributed by atoms with Crippen molar-refractivity contribution < 1.29 is 26.4 Å². The van der Waals surface area contributed by atoms with E-state index in [0.717, 1.165) is 6.07 Å². The lowest BCUT2D eigenvalue weighted by Crippen LogP contribution is -2.53. The summed E-state index contributed by atoms with van der Waals surface area (Å²) in [6.07, 6.45) is 0. The summed E-state index contributed by atoms with van der Waals surface area (Å²) in [7, 11) is -2.78. The maximum atomic E-state index is 13.9. The van der Waals surface area contributed by atoms with E-state index in [1.165, 1.54) is 18.2 Å². The molecule has 10 heteroatoms. The summed E-state index contributed by atoms with van der Waals surface area (Å²) in [4.78, 5) is 16.3. The normalized spacial score (nSPS) is 17.6. The molecule has 1 aliphatic heterocycles. The van der Waals surface area contributed by atoms with Crippen LogP contribution in [0.25, 0.3) is 0 Å². The van der Waals surface area contributed by atoms with Crippen molar-refractivity contribution >= 4 is 22.5 Å². The molecule has 1 atom stereocenters. The average molecular weight is 427 g/mol. The second-order valence-corrected chi connectivity index (χ2v) is 7.60. The van der Waals surface area contributed by atoms with Crippen molar-refractivity contribution in [3.63, 3.8) is 0 Å². The third kappa shape index (κ3) is 4.88. The molecular weight excluding hydrogens is 407 g/mol. The summed E-state index contributed by atoms with van der Waals surface area (Å²) in [6, 6.07) is 8.03. The highest BCUT2D eigenvalue weighted by Crippen LogP contribution is 2.20. The molecule has 0 saturated carbocycles. The fourth-order valence-corrected chi connectivity index (χ4v) is 3.73. The standard InChI is InChI=1S/C19H20F3N3O3S/c1-12-10-24(11-14-4-7-16(20)18(22)17(14)21)8-9-25(12)19(26)13-2-5-15(6-3-13)23-29(27)28/h2-7,12,29H,8-11H2,1H3,(H,23,27,28)/t12-/m1/s1. The number of anilines is 1. The molecule has 0 bridgehead atoms.